The van der Waals surface area contributed by atoms with Crippen LogP contribution in [0.3, 0.4) is 0 Å². The molecule has 0 aromatic carbocycles. The summed E-state index contributed by atoms with van der Waals surface area (Å²) < 4.78 is 10.3. The molecule has 0 bridgehead atoms. The number of hydrogen-bond donors (Lipinski definition) is 2. The van der Waals surface area contributed by atoms with Gasteiger partial charge in [-0.1, -0.05) is 20.3 Å². The molecular formula is C21H40O6. The molecule has 0 aromatic rings. The number of aliphatic hydroxyl groups excluding tert-OH is 2. The van der Waals surface area contributed by atoms with Crippen LogP contribution in [0, 0.1) is 10.8 Å². The summed E-state index contributed by atoms with van der Waals surface area (Å²) in [4.78, 5) is 23.0. The molecule has 1 unspecified atom stereocenters. The first-order valence-corrected chi connectivity index (χ1v) is 10.2. The molecule has 27 heavy (non-hydrogen) atoms. The van der Waals surface area contributed by atoms with E-state index in [1.54, 1.807) is 13.8 Å². The molecule has 0 saturated heterocycles. The Morgan fingerprint density at radius 2 is 1.44 bits per heavy atom. The molecule has 0 radical (unpaired) electrons. The van der Waals surface area contributed by atoms with Crippen LogP contribution in [0.5, 0.6) is 0 Å². The Labute approximate surface area is 164 Å². The van der Waals surface area contributed by atoms with Crippen molar-refractivity contribution >= 4 is 11.9 Å². The van der Waals surface area contributed by atoms with Gasteiger partial charge in [0.1, 0.15) is 18.8 Å². The van der Waals surface area contributed by atoms with Crippen LogP contribution in [0.25, 0.3) is 0 Å². The number of ether oxygens (including phenoxy) is 2. The van der Waals surface area contributed by atoms with Gasteiger partial charge in [0, 0.05) is 0 Å². The Hall–Kier alpha value is -1.14. The van der Waals surface area contributed by atoms with Crippen molar-refractivity contribution in [2.75, 3.05) is 13.2 Å². The van der Waals surface area contributed by atoms with Crippen LogP contribution in [0.2, 0.25) is 0 Å². The molecule has 1 saturated carbocycles. The van der Waals surface area contributed by atoms with Crippen LogP contribution in [-0.4, -0.2) is 47.6 Å². The average Bonchev–Trinajstić information content (AvgIpc) is 2.66. The van der Waals surface area contributed by atoms with Gasteiger partial charge in [0.05, 0.1) is 17.4 Å². The summed E-state index contributed by atoms with van der Waals surface area (Å²) in [6, 6.07) is 0. The van der Waals surface area contributed by atoms with Gasteiger partial charge in [0.15, 0.2) is 0 Å². The lowest BCUT2D eigenvalue weighted by molar-refractivity contribution is -0.161. The highest BCUT2D eigenvalue weighted by molar-refractivity contribution is 5.76. The SMILES string of the molecule is CCC(C)(C)C(=O)OC1CCCCC1.CCC(C)(C)C(=O)OCC(O)CO. The summed E-state index contributed by atoms with van der Waals surface area (Å²) in [5.74, 6) is -0.366. The first-order valence-electron chi connectivity index (χ1n) is 10.2. The van der Waals surface area contributed by atoms with E-state index in [0.717, 1.165) is 19.3 Å². The molecule has 1 rings (SSSR count). The van der Waals surface area contributed by atoms with Gasteiger partial charge in [-0.25, -0.2) is 0 Å². The van der Waals surface area contributed by atoms with Gasteiger partial charge < -0.3 is 19.7 Å². The maximum absolute atomic E-state index is 11.7. The second kappa shape index (κ2) is 12.3. The Kier molecular flexibility index (Phi) is 11.8. The Morgan fingerprint density at radius 1 is 0.963 bits per heavy atom. The molecule has 160 valence electrons. The highest BCUT2D eigenvalue weighted by Crippen LogP contribution is 2.26. The van der Waals surface area contributed by atoms with E-state index in [2.05, 4.69) is 0 Å². The van der Waals surface area contributed by atoms with Gasteiger partial charge in [-0.3, -0.25) is 9.59 Å². The van der Waals surface area contributed by atoms with E-state index >= 15 is 0 Å². The number of rotatable bonds is 8. The molecule has 0 spiro atoms. The number of carbonyl (C=O) groups excluding carboxylic acids is 2. The van der Waals surface area contributed by atoms with Crippen molar-refractivity contribution in [2.45, 2.75) is 98.7 Å². The second-order valence-electron chi connectivity index (χ2n) is 8.58. The zero-order valence-corrected chi connectivity index (χ0v) is 18.0. The number of hydrogen-bond acceptors (Lipinski definition) is 6. The zero-order valence-electron chi connectivity index (χ0n) is 18.0. The van der Waals surface area contributed by atoms with E-state index in [9.17, 15) is 9.59 Å². The summed E-state index contributed by atoms with van der Waals surface area (Å²) in [7, 11) is 0. The third-order valence-corrected chi connectivity index (χ3v) is 5.32. The highest BCUT2D eigenvalue weighted by Gasteiger charge is 2.30. The van der Waals surface area contributed by atoms with E-state index < -0.39 is 11.5 Å². The van der Waals surface area contributed by atoms with Crippen LogP contribution in [0.15, 0.2) is 0 Å². The maximum atomic E-state index is 11.7. The normalized spacial score (nSPS) is 16.7. The lowest BCUT2D eigenvalue weighted by Crippen LogP contribution is -2.31. The monoisotopic (exact) mass is 388 g/mol. The Bertz CT molecular complexity index is 438. The molecule has 1 aliphatic rings. The molecule has 1 aliphatic carbocycles. The topological polar surface area (TPSA) is 93.1 Å². The highest BCUT2D eigenvalue weighted by atomic mass is 16.5. The number of aliphatic hydroxyl groups is 2. The van der Waals surface area contributed by atoms with Crippen LogP contribution < -0.4 is 0 Å². The minimum absolute atomic E-state index is 0.0214. The zero-order chi connectivity index (χ0) is 21.1. The second-order valence-corrected chi connectivity index (χ2v) is 8.58. The predicted molar refractivity (Wildman–Crippen MR) is 105 cm³/mol. The molecule has 6 heteroatoms. The molecule has 6 nitrogen and oxygen atoms in total. The van der Waals surface area contributed by atoms with E-state index in [1.165, 1.54) is 19.3 Å². The third kappa shape index (κ3) is 10.1. The van der Waals surface area contributed by atoms with Gasteiger partial charge in [0.25, 0.3) is 0 Å². The van der Waals surface area contributed by atoms with Crippen LogP contribution in [0.1, 0.15) is 86.5 Å². The fourth-order valence-corrected chi connectivity index (χ4v) is 2.20. The first-order chi connectivity index (χ1) is 12.5. The largest absolute Gasteiger partial charge is 0.462 e. The molecule has 2 N–H and O–H groups in total. The van der Waals surface area contributed by atoms with Gasteiger partial charge in [0.2, 0.25) is 0 Å². The maximum Gasteiger partial charge on any atom is 0.311 e. The lowest BCUT2D eigenvalue weighted by atomic mass is 9.90. The summed E-state index contributed by atoms with van der Waals surface area (Å²) in [5, 5.41) is 17.4. The Morgan fingerprint density at radius 3 is 1.89 bits per heavy atom. The summed E-state index contributed by atoms with van der Waals surface area (Å²) in [5.41, 5.74) is -0.827. The molecule has 0 aromatic heterocycles. The van der Waals surface area contributed by atoms with Crippen molar-refractivity contribution < 1.29 is 29.3 Å². The van der Waals surface area contributed by atoms with Crippen molar-refractivity contribution in [3.63, 3.8) is 0 Å². The van der Waals surface area contributed by atoms with E-state index in [1.807, 2.05) is 27.7 Å². The van der Waals surface area contributed by atoms with Crippen LogP contribution in [-0.2, 0) is 19.1 Å². The molecule has 1 fully saturated rings. The molecular weight excluding hydrogens is 348 g/mol. The summed E-state index contributed by atoms with van der Waals surface area (Å²) in [6.07, 6.45) is 6.59. The quantitative estimate of drug-likeness (QED) is 0.617. The van der Waals surface area contributed by atoms with Crippen molar-refractivity contribution in [1.82, 2.24) is 0 Å². The van der Waals surface area contributed by atoms with Crippen molar-refractivity contribution in [2.24, 2.45) is 10.8 Å². The number of carbonyl (C=O) groups is 2. The minimum atomic E-state index is -0.975. The van der Waals surface area contributed by atoms with Crippen LogP contribution in [0.4, 0.5) is 0 Å². The summed E-state index contributed by atoms with van der Waals surface area (Å²) >= 11 is 0. The summed E-state index contributed by atoms with van der Waals surface area (Å²) in [6.45, 7) is 10.9. The van der Waals surface area contributed by atoms with Gasteiger partial charge in [-0.05, 0) is 66.2 Å². The fraction of sp³-hybridized carbons (Fsp3) is 0.905. The predicted octanol–water partition coefficient (Wildman–Crippen LogP) is 3.62. The smallest absolute Gasteiger partial charge is 0.311 e. The van der Waals surface area contributed by atoms with Crippen molar-refractivity contribution in [3.8, 4) is 0 Å². The Balaban J connectivity index is 0.000000503. The standard InChI is InChI=1S/C12H22O2.C9H18O4/c1-4-12(2,3)11(13)14-10-8-6-5-7-9-10;1-4-9(2,3)8(12)13-6-7(11)5-10/h10H,4-9H2,1-3H3;7,10-11H,4-6H2,1-3H3. The molecule has 0 heterocycles. The van der Waals surface area contributed by atoms with Crippen LogP contribution >= 0.6 is 0 Å². The van der Waals surface area contributed by atoms with E-state index in [0.29, 0.717) is 6.42 Å². The van der Waals surface area contributed by atoms with Gasteiger partial charge >= 0.3 is 11.9 Å². The fourth-order valence-electron chi connectivity index (χ4n) is 2.20. The third-order valence-electron chi connectivity index (χ3n) is 5.32. The lowest BCUT2D eigenvalue weighted by Gasteiger charge is -2.27. The molecule has 0 aliphatic heterocycles. The van der Waals surface area contributed by atoms with Gasteiger partial charge in [-0.15, -0.1) is 0 Å². The molecule has 0 amide bonds. The average molecular weight is 389 g/mol. The van der Waals surface area contributed by atoms with E-state index in [-0.39, 0.29) is 36.7 Å². The van der Waals surface area contributed by atoms with Gasteiger partial charge in [-0.2, -0.15) is 0 Å². The number of esters is 2. The minimum Gasteiger partial charge on any atom is -0.462 e. The first kappa shape index (κ1) is 25.9. The van der Waals surface area contributed by atoms with Crippen molar-refractivity contribution in [1.29, 1.82) is 0 Å². The van der Waals surface area contributed by atoms with Crippen molar-refractivity contribution in [3.05, 3.63) is 0 Å². The van der Waals surface area contributed by atoms with E-state index in [4.69, 9.17) is 19.7 Å². The molecule has 1 atom stereocenters.